The highest BCUT2D eigenvalue weighted by atomic mass is 35.5. The molecule has 0 unspecified atom stereocenters. The van der Waals surface area contributed by atoms with Gasteiger partial charge in [0.15, 0.2) is 6.29 Å². The summed E-state index contributed by atoms with van der Waals surface area (Å²) in [4.78, 5) is 11.0. The first-order valence-corrected chi connectivity index (χ1v) is 5.43. The molecule has 15 heavy (non-hydrogen) atoms. The van der Waals surface area contributed by atoms with Crippen LogP contribution in [0.15, 0.2) is 24.3 Å². The van der Waals surface area contributed by atoms with Gasteiger partial charge in [0.1, 0.15) is 0 Å². The normalized spacial score (nSPS) is 15.8. The maximum absolute atomic E-state index is 11.0. The molecule has 1 aromatic carbocycles. The van der Waals surface area contributed by atoms with Crippen LogP contribution in [0.1, 0.15) is 29.4 Å². The Morgan fingerprint density at radius 1 is 1.33 bits per heavy atom. The fourth-order valence-corrected chi connectivity index (χ4v) is 2.24. The van der Waals surface area contributed by atoms with Crippen molar-refractivity contribution in [2.75, 3.05) is 0 Å². The molecule has 0 atom stereocenters. The van der Waals surface area contributed by atoms with Gasteiger partial charge in [-0.25, -0.2) is 0 Å². The summed E-state index contributed by atoms with van der Waals surface area (Å²) < 4.78 is 2.12. The van der Waals surface area contributed by atoms with Crippen molar-refractivity contribution in [1.82, 2.24) is 4.57 Å². The summed E-state index contributed by atoms with van der Waals surface area (Å²) in [6.45, 7) is 0. The molecule has 0 bridgehead atoms. The minimum Gasteiger partial charge on any atom is -0.335 e. The lowest BCUT2D eigenvalue weighted by Gasteiger charge is -2.04. The van der Waals surface area contributed by atoms with Crippen LogP contribution in [0.2, 0.25) is 5.02 Å². The number of hydrogen-bond acceptors (Lipinski definition) is 1. The molecule has 1 saturated carbocycles. The SMILES string of the molecule is O=Cc1cc2cc(Cl)ccc2n1C1CC1. The number of halogens is 1. The number of carbonyl (C=O) groups excluding carboxylic acids is 1. The van der Waals surface area contributed by atoms with E-state index in [2.05, 4.69) is 4.57 Å². The van der Waals surface area contributed by atoms with E-state index >= 15 is 0 Å². The molecule has 3 rings (SSSR count). The third-order valence-corrected chi connectivity index (χ3v) is 3.10. The Labute approximate surface area is 92.5 Å². The first-order chi connectivity index (χ1) is 7.29. The van der Waals surface area contributed by atoms with Crippen molar-refractivity contribution in [1.29, 1.82) is 0 Å². The Bertz CT molecular complexity index is 540. The van der Waals surface area contributed by atoms with E-state index in [4.69, 9.17) is 11.6 Å². The number of aldehydes is 1. The Morgan fingerprint density at radius 2 is 2.13 bits per heavy atom. The maximum atomic E-state index is 11.0. The summed E-state index contributed by atoms with van der Waals surface area (Å²) in [7, 11) is 0. The highest BCUT2D eigenvalue weighted by molar-refractivity contribution is 6.31. The van der Waals surface area contributed by atoms with E-state index in [1.54, 1.807) is 0 Å². The minimum absolute atomic E-state index is 0.517. The van der Waals surface area contributed by atoms with Crippen LogP contribution in [0.3, 0.4) is 0 Å². The van der Waals surface area contributed by atoms with Gasteiger partial charge in [0.25, 0.3) is 0 Å². The van der Waals surface area contributed by atoms with Gasteiger partial charge in [0.05, 0.1) is 5.69 Å². The van der Waals surface area contributed by atoms with Crippen molar-refractivity contribution < 1.29 is 4.79 Å². The summed E-state index contributed by atoms with van der Waals surface area (Å²) in [6, 6.07) is 8.19. The molecule has 0 aliphatic heterocycles. The predicted octanol–water partition coefficient (Wildman–Crippen LogP) is 3.44. The van der Waals surface area contributed by atoms with Gasteiger partial charge < -0.3 is 4.57 Å². The molecule has 2 nitrogen and oxygen atoms in total. The van der Waals surface area contributed by atoms with E-state index in [0.29, 0.717) is 11.1 Å². The minimum atomic E-state index is 0.517. The Morgan fingerprint density at radius 3 is 2.80 bits per heavy atom. The zero-order valence-electron chi connectivity index (χ0n) is 8.11. The lowest BCUT2D eigenvalue weighted by Crippen LogP contribution is -1.98. The quantitative estimate of drug-likeness (QED) is 0.710. The van der Waals surface area contributed by atoms with Crippen molar-refractivity contribution in [3.05, 3.63) is 35.0 Å². The van der Waals surface area contributed by atoms with Crippen LogP contribution in [0.25, 0.3) is 10.9 Å². The van der Waals surface area contributed by atoms with Crippen molar-refractivity contribution in [2.24, 2.45) is 0 Å². The van der Waals surface area contributed by atoms with E-state index < -0.39 is 0 Å². The van der Waals surface area contributed by atoms with E-state index in [1.165, 1.54) is 12.8 Å². The van der Waals surface area contributed by atoms with Gasteiger partial charge in [-0.2, -0.15) is 0 Å². The topological polar surface area (TPSA) is 22.0 Å². The largest absolute Gasteiger partial charge is 0.335 e. The molecule has 3 heteroatoms. The van der Waals surface area contributed by atoms with Gasteiger partial charge in [0, 0.05) is 22.0 Å². The highest BCUT2D eigenvalue weighted by Crippen LogP contribution is 2.39. The fourth-order valence-electron chi connectivity index (χ4n) is 2.06. The standard InChI is InChI=1S/C12H10ClNO/c13-9-1-4-12-8(5-9)6-11(7-15)14(12)10-2-3-10/h1,4-7,10H,2-3H2. The van der Waals surface area contributed by atoms with E-state index in [-0.39, 0.29) is 0 Å². The van der Waals surface area contributed by atoms with Crippen molar-refractivity contribution in [2.45, 2.75) is 18.9 Å². The molecule has 2 aromatic rings. The van der Waals surface area contributed by atoms with Crippen LogP contribution in [0, 0.1) is 0 Å². The molecule has 0 saturated heterocycles. The highest BCUT2D eigenvalue weighted by Gasteiger charge is 2.26. The Kier molecular flexibility index (Phi) is 1.86. The van der Waals surface area contributed by atoms with Crippen LogP contribution < -0.4 is 0 Å². The second kappa shape index (κ2) is 3.11. The first kappa shape index (κ1) is 8.98. The molecule has 1 heterocycles. The first-order valence-electron chi connectivity index (χ1n) is 5.05. The molecule has 0 radical (unpaired) electrons. The number of benzene rings is 1. The maximum Gasteiger partial charge on any atom is 0.166 e. The molecule has 1 fully saturated rings. The van der Waals surface area contributed by atoms with Gasteiger partial charge >= 0.3 is 0 Å². The molecule has 1 aromatic heterocycles. The molecule has 1 aliphatic rings. The van der Waals surface area contributed by atoms with E-state index in [1.807, 2.05) is 24.3 Å². The summed E-state index contributed by atoms with van der Waals surface area (Å²) in [5.74, 6) is 0. The second-order valence-electron chi connectivity index (χ2n) is 3.99. The number of aromatic nitrogens is 1. The monoisotopic (exact) mass is 219 g/mol. The third kappa shape index (κ3) is 1.37. The van der Waals surface area contributed by atoms with Gasteiger partial charge in [0.2, 0.25) is 0 Å². The average Bonchev–Trinajstić information content (AvgIpc) is 2.99. The van der Waals surface area contributed by atoms with Crippen molar-refractivity contribution in [3.8, 4) is 0 Å². The molecule has 1 aliphatic carbocycles. The second-order valence-corrected chi connectivity index (χ2v) is 4.43. The zero-order chi connectivity index (χ0) is 10.4. The zero-order valence-corrected chi connectivity index (χ0v) is 8.87. The number of hydrogen-bond donors (Lipinski definition) is 0. The van der Waals surface area contributed by atoms with E-state index in [0.717, 1.165) is 22.9 Å². The number of nitrogens with zero attached hydrogens (tertiary/aromatic N) is 1. The number of rotatable bonds is 2. The number of carbonyl (C=O) groups is 1. The van der Waals surface area contributed by atoms with Crippen LogP contribution in [-0.2, 0) is 0 Å². The molecule has 0 amide bonds. The molecule has 0 N–H and O–H groups in total. The third-order valence-electron chi connectivity index (χ3n) is 2.86. The van der Waals surface area contributed by atoms with Gasteiger partial charge in [-0.05, 0) is 37.1 Å². The van der Waals surface area contributed by atoms with Crippen LogP contribution >= 0.6 is 11.6 Å². The lowest BCUT2D eigenvalue weighted by atomic mass is 10.2. The van der Waals surface area contributed by atoms with Gasteiger partial charge in [-0.3, -0.25) is 4.79 Å². The van der Waals surface area contributed by atoms with Gasteiger partial charge in [-0.1, -0.05) is 11.6 Å². The molecular formula is C12H10ClNO. The predicted molar refractivity (Wildman–Crippen MR) is 60.6 cm³/mol. The molecular weight excluding hydrogens is 210 g/mol. The van der Waals surface area contributed by atoms with Crippen LogP contribution in [-0.4, -0.2) is 10.9 Å². The lowest BCUT2D eigenvalue weighted by molar-refractivity contribution is 0.111. The van der Waals surface area contributed by atoms with E-state index in [9.17, 15) is 4.79 Å². The number of fused-ring (bicyclic) bond motifs is 1. The smallest absolute Gasteiger partial charge is 0.166 e. The summed E-state index contributed by atoms with van der Waals surface area (Å²) >= 11 is 5.92. The average molecular weight is 220 g/mol. The molecule has 76 valence electrons. The summed E-state index contributed by atoms with van der Waals surface area (Å²) in [5.41, 5.74) is 1.87. The van der Waals surface area contributed by atoms with Crippen molar-refractivity contribution in [3.63, 3.8) is 0 Å². The Hall–Kier alpha value is -1.28. The summed E-state index contributed by atoms with van der Waals surface area (Å²) in [5, 5.41) is 1.77. The van der Waals surface area contributed by atoms with Crippen LogP contribution in [0.5, 0.6) is 0 Å². The van der Waals surface area contributed by atoms with Gasteiger partial charge in [-0.15, -0.1) is 0 Å². The van der Waals surface area contributed by atoms with Crippen molar-refractivity contribution >= 4 is 28.8 Å². The summed E-state index contributed by atoms with van der Waals surface area (Å²) in [6.07, 6.45) is 3.27. The fraction of sp³-hybridized carbons (Fsp3) is 0.250. The Balaban J connectivity index is 2.33. The molecule has 0 spiro atoms. The van der Waals surface area contributed by atoms with Crippen LogP contribution in [0.4, 0.5) is 0 Å².